The highest BCUT2D eigenvalue weighted by Gasteiger charge is 2.77. The van der Waals surface area contributed by atoms with E-state index in [1.54, 1.807) is 0 Å². The minimum atomic E-state index is -1.41. The van der Waals surface area contributed by atoms with Gasteiger partial charge in [-0.05, 0) is 0 Å². The predicted octanol–water partition coefficient (Wildman–Crippen LogP) is 1.20. The molecule has 0 aromatic rings. The maximum absolute atomic E-state index is 11.9. The number of esters is 2. The summed E-state index contributed by atoms with van der Waals surface area (Å²) in [5.74, 6) is -2.28. The summed E-state index contributed by atoms with van der Waals surface area (Å²) < 4.78 is 10.5. The largest absolute Gasteiger partial charge is 0.462 e. The second kappa shape index (κ2) is 11.5. The number of ether oxygens (including phenoxy) is 2. The van der Waals surface area contributed by atoms with Crippen LogP contribution in [0.4, 0.5) is 0 Å². The lowest BCUT2D eigenvalue weighted by Gasteiger charge is -2.30. The second-order valence-corrected chi connectivity index (χ2v) is 5.89. The van der Waals surface area contributed by atoms with Gasteiger partial charge in [0.1, 0.15) is 26.4 Å². The van der Waals surface area contributed by atoms with Crippen molar-refractivity contribution in [1.82, 2.24) is 0 Å². The lowest BCUT2D eigenvalue weighted by molar-refractivity contribution is -0.381. The molecule has 1 fully saturated rings. The number of carbonyl (C=O) groups excluding carboxylic acids is 2. The molecule has 1 N–H and O–H groups in total. The maximum atomic E-state index is 11.9. The molecule has 3 atom stereocenters. The third-order valence-corrected chi connectivity index (χ3v) is 4.08. The Labute approximate surface area is 163 Å². The number of hydrogen-bond acceptors (Lipinski definition) is 9. The zero-order valence-corrected chi connectivity index (χ0v) is 15.7. The minimum absolute atomic E-state index is 0.0516. The van der Waals surface area contributed by atoms with Gasteiger partial charge in [0.15, 0.2) is 11.2 Å². The van der Waals surface area contributed by atoms with Crippen LogP contribution in [0.1, 0.15) is 6.42 Å². The molecule has 28 heavy (non-hydrogen) atoms. The highest BCUT2D eigenvalue weighted by molar-refractivity contribution is 5.82. The van der Waals surface area contributed by atoms with E-state index in [1.807, 2.05) is 0 Å². The standard InChI is InChI=1S/C19H26O9/c1-5-9-24-26-14-18(28-25-10-6-2)13-19(18,27-17(22)8-4)15(11-20)12-23-16(21)7-3/h5-8,15,20H,1-4,9-14H2. The molecule has 1 aliphatic rings. The van der Waals surface area contributed by atoms with Gasteiger partial charge in [0.05, 0.1) is 12.5 Å². The molecule has 0 heterocycles. The first-order valence-electron chi connectivity index (χ1n) is 8.47. The van der Waals surface area contributed by atoms with Gasteiger partial charge in [0.2, 0.25) is 0 Å². The van der Waals surface area contributed by atoms with Crippen molar-refractivity contribution in [2.24, 2.45) is 5.92 Å². The molecule has 1 aliphatic carbocycles. The monoisotopic (exact) mass is 398 g/mol. The lowest BCUT2D eigenvalue weighted by atomic mass is 9.98. The van der Waals surface area contributed by atoms with Crippen LogP contribution < -0.4 is 0 Å². The van der Waals surface area contributed by atoms with Crippen molar-refractivity contribution in [3.05, 3.63) is 50.6 Å². The quantitative estimate of drug-likeness (QED) is 0.102. The van der Waals surface area contributed by atoms with E-state index in [1.165, 1.54) is 12.2 Å². The molecular formula is C19H26O9. The fourth-order valence-corrected chi connectivity index (χ4v) is 2.63. The van der Waals surface area contributed by atoms with Crippen LogP contribution in [0.2, 0.25) is 0 Å². The Morgan fingerprint density at radius 2 is 1.64 bits per heavy atom. The van der Waals surface area contributed by atoms with Gasteiger partial charge in [-0.15, -0.1) is 13.2 Å². The fraction of sp³-hybridized carbons (Fsp3) is 0.474. The first kappa shape index (κ1) is 23.7. The van der Waals surface area contributed by atoms with E-state index in [4.69, 9.17) is 29.0 Å². The molecule has 0 amide bonds. The lowest BCUT2D eigenvalue weighted by Crippen LogP contribution is -2.45. The van der Waals surface area contributed by atoms with Crippen LogP contribution in [0.5, 0.6) is 0 Å². The molecule has 156 valence electrons. The van der Waals surface area contributed by atoms with E-state index >= 15 is 0 Å². The molecule has 0 spiro atoms. The molecular weight excluding hydrogens is 372 g/mol. The molecule has 0 aromatic carbocycles. The first-order chi connectivity index (χ1) is 13.4. The van der Waals surface area contributed by atoms with Crippen LogP contribution in [-0.4, -0.2) is 61.3 Å². The summed E-state index contributed by atoms with van der Waals surface area (Å²) in [5, 5.41) is 9.85. The van der Waals surface area contributed by atoms with Gasteiger partial charge >= 0.3 is 11.9 Å². The van der Waals surface area contributed by atoms with Crippen molar-refractivity contribution in [2.75, 3.05) is 33.0 Å². The molecule has 0 radical (unpaired) electrons. The number of carbonyl (C=O) groups is 2. The van der Waals surface area contributed by atoms with Crippen LogP contribution in [0.15, 0.2) is 50.6 Å². The van der Waals surface area contributed by atoms with Crippen LogP contribution in [0.25, 0.3) is 0 Å². The first-order valence-corrected chi connectivity index (χ1v) is 8.47. The number of aliphatic hydroxyl groups is 1. The van der Waals surface area contributed by atoms with Crippen molar-refractivity contribution in [2.45, 2.75) is 17.6 Å². The molecule has 9 heteroatoms. The van der Waals surface area contributed by atoms with Crippen LogP contribution >= 0.6 is 0 Å². The van der Waals surface area contributed by atoms with E-state index < -0.39 is 35.7 Å². The van der Waals surface area contributed by atoms with Crippen LogP contribution in [0, 0.1) is 5.92 Å². The molecule has 0 saturated heterocycles. The number of aliphatic hydroxyl groups excluding tert-OH is 1. The summed E-state index contributed by atoms with van der Waals surface area (Å²) >= 11 is 0. The SMILES string of the molecule is C=CCOOCC1(OOCC=C)CC1(OC(=O)C=C)C(CO)COC(=O)C=C. The van der Waals surface area contributed by atoms with Crippen molar-refractivity contribution in [1.29, 1.82) is 0 Å². The Hall–Kier alpha value is -2.30. The summed E-state index contributed by atoms with van der Waals surface area (Å²) in [7, 11) is 0. The Morgan fingerprint density at radius 3 is 2.21 bits per heavy atom. The highest BCUT2D eigenvalue weighted by Crippen LogP contribution is 2.58. The Morgan fingerprint density at radius 1 is 1.00 bits per heavy atom. The summed E-state index contributed by atoms with van der Waals surface area (Å²) in [6.45, 7) is 12.9. The van der Waals surface area contributed by atoms with Gasteiger partial charge in [-0.25, -0.2) is 29.1 Å². The predicted molar refractivity (Wildman–Crippen MR) is 97.4 cm³/mol. The van der Waals surface area contributed by atoms with E-state index in [0.717, 1.165) is 12.2 Å². The van der Waals surface area contributed by atoms with E-state index in [9.17, 15) is 14.7 Å². The zero-order valence-electron chi connectivity index (χ0n) is 15.7. The molecule has 3 unspecified atom stereocenters. The molecule has 0 bridgehead atoms. The summed E-state index contributed by atoms with van der Waals surface area (Å²) in [5.41, 5.74) is -2.73. The average Bonchev–Trinajstić information content (AvgIpc) is 3.32. The van der Waals surface area contributed by atoms with Gasteiger partial charge in [-0.2, -0.15) is 0 Å². The third kappa shape index (κ3) is 5.85. The molecule has 0 aromatic heterocycles. The Bertz CT molecular complexity index is 588. The molecule has 1 saturated carbocycles. The van der Waals surface area contributed by atoms with E-state index in [0.29, 0.717) is 0 Å². The highest BCUT2D eigenvalue weighted by atomic mass is 17.2. The maximum Gasteiger partial charge on any atom is 0.330 e. The number of hydrogen-bond donors (Lipinski definition) is 1. The molecule has 9 nitrogen and oxygen atoms in total. The van der Waals surface area contributed by atoms with E-state index in [-0.39, 0.29) is 32.8 Å². The Balaban J connectivity index is 3.07. The minimum Gasteiger partial charge on any atom is -0.462 e. The summed E-state index contributed by atoms with van der Waals surface area (Å²) in [4.78, 5) is 43.9. The van der Waals surface area contributed by atoms with Gasteiger partial charge in [-0.3, -0.25) is 0 Å². The molecule has 1 rings (SSSR count). The topological polar surface area (TPSA) is 110 Å². The fourth-order valence-electron chi connectivity index (χ4n) is 2.63. The smallest absolute Gasteiger partial charge is 0.330 e. The normalized spacial score (nSPS) is 23.9. The third-order valence-electron chi connectivity index (χ3n) is 4.08. The average molecular weight is 398 g/mol. The van der Waals surface area contributed by atoms with Gasteiger partial charge < -0.3 is 14.6 Å². The summed E-state index contributed by atoms with van der Waals surface area (Å²) in [6.07, 6.45) is 4.97. The Kier molecular flexibility index (Phi) is 9.77. The van der Waals surface area contributed by atoms with Crippen LogP contribution in [0.3, 0.4) is 0 Å². The van der Waals surface area contributed by atoms with E-state index in [2.05, 4.69) is 26.3 Å². The summed E-state index contributed by atoms with van der Waals surface area (Å²) in [6, 6.07) is 0. The van der Waals surface area contributed by atoms with Gasteiger partial charge in [0.25, 0.3) is 0 Å². The van der Waals surface area contributed by atoms with Crippen LogP contribution in [-0.2, 0) is 38.6 Å². The van der Waals surface area contributed by atoms with Crippen molar-refractivity contribution < 1.29 is 43.7 Å². The van der Waals surface area contributed by atoms with Crippen molar-refractivity contribution in [3.63, 3.8) is 0 Å². The zero-order chi connectivity index (χ0) is 21.0. The van der Waals surface area contributed by atoms with Crippen molar-refractivity contribution in [3.8, 4) is 0 Å². The second-order valence-electron chi connectivity index (χ2n) is 5.89. The molecule has 0 aliphatic heterocycles. The number of rotatable bonds is 16. The van der Waals surface area contributed by atoms with Crippen molar-refractivity contribution >= 4 is 11.9 Å². The van der Waals surface area contributed by atoms with Gasteiger partial charge in [-0.1, -0.05) is 25.3 Å². The van der Waals surface area contributed by atoms with Gasteiger partial charge in [0, 0.05) is 18.6 Å².